The molecule has 1 unspecified atom stereocenters. The Balaban J connectivity index is 0.00000192. The Kier molecular flexibility index (Phi) is 6.33. The summed E-state index contributed by atoms with van der Waals surface area (Å²) in [4.78, 5) is 5.83. The number of anilines is 1. The van der Waals surface area contributed by atoms with Crippen LogP contribution in [0.25, 0.3) is 0 Å². The second-order valence-electron chi connectivity index (χ2n) is 5.39. The van der Waals surface area contributed by atoms with Gasteiger partial charge in [0, 0.05) is 35.7 Å². The lowest BCUT2D eigenvalue weighted by Crippen LogP contribution is -2.32. The number of nitrogens with zero attached hydrogens (tertiary/aromatic N) is 2. The zero-order valence-corrected chi connectivity index (χ0v) is 14.7. The molecule has 1 aliphatic heterocycles. The summed E-state index contributed by atoms with van der Waals surface area (Å²) < 4.78 is 27.4. The van der Waals surface area contributed by atoms with Gasteiger partial charge in [-0.05, 0) is 36.8 Å². The Morgan fingerprint density at radius 1 is 1.26 bits per heavy atom. The summed E-state index contributed by atoms with van der Waals surface area (Å²) in [6.07, 6.45) is 2.51. The first-order valence-electron chi connectivity index (χ1n) is 7.15. The van der Waals surface area contributed by atoms with Gasteiger partial charge >= 0.3 is 0 Å². The van der Waals surface area contributed by atoms with Crippen molar-refractivity contribution in [2.45, 2.75) is 19.0 Å². The molecule has 2 heterocycles. The summed E-state index contributed by atoms with van der Waals surface area (Å²) in [5.41, 5.74) is 1.57. The lowest BCUT2D eigenvalue weighted by Gasteiger charge is -2.18. The molecule has 0 amide bonds. The molecule has 1 fully saturated rings. The smallest absolute Gasteiger partial charge is 0.212 e. The third-order valence-electron chi connectivity index (χ3n) is 3.85. The molecule has 1 atom stereocenters. The van der Waals surface area contributed by atoms with Crippen molar-refractivity contribution in [3.8, 4) is 0 Å². The molecule has 0 radical (unpaired) electrons. The minimum Gasteiger partial charge on any atom is -0.369 e. The monoisotopic (exact) mass is 403 g/mol. The van der Waals surface area contributed by atoms with Crippen LogP contribution in [0.4, 0.5) is 14.5 Å². The zero-order valence-electron chi connectivity index (χ0n) is 12.3. The molecule has 2 aromatic rings. The Morgan fingerprint density at radius 2 is 2.09 bits per heavy atom. The molecule has 1 aromatic carbocycles. The standard InChI is InChI=1S/C16H16BrF2N3.ClH/c17-12-1-3-15(18)11(7-12)8-20-13-5-6-22(10-13)14-2-4-16(19)21-9-14;/h1-4,7,9,13,20H,5-6,8,10H2;1H. The largest absolute Gasteiger partial charge is 0.369 e. The van der Waals surface area contributed by atoms with Crippen LogP contribution in [0.2, 0.25) is 0 Å². The first-order valence-corrected chi connectivity index (χ1v) is 7.95. The van der Waals surface area contributed by atoms with E-state index >= 15 is 0 Å². The molecule has 3 nitrogen and oxygen atoms in total. The van der Waals surface area contributed by atoms with Gasteiger partial charge in [-0.25, -0.2) is 9.37 Å². The van der Waals surface area contributed by atoms with E-state index in [4.69, 9.17) is 0 Å². The Hall–Kier alpha value is -1.24. The highest BCUT2D eigenvalue weighted by Crippen LogP contribution is 2.20. The predicted octanol–water partition coefficient (Wildman–Crippen LogP) is 3.91. The fourth-order valence-electron chi connectivity index (χ4n) is 2.65. The predicted molar refractivity (Wildman–Crippen MR) is 93.0 cm³/mol. The van der Waals surface area contributed by atoms with Gasteiger partial charge in [0.2, 0.25) is 5.95 Å². The molecule has 1 aliphatic rings. The van der Waals surface area contributed by atoms with Crippen molar-refractivity contribution in [2.24, 2.45) is 0 Å². The molecular formula is C16H17BrClF2N3. The summed E-state index contributed by atoms with van der Waals surface area (Å²) in [6, 6.07) is 8.33. The average molecular weight is 405 g/mol. The maximum atomic E-state index is 13.7. The molecule has 1 saturated heterocycles. The molecule has 1 aromatic heterocycles. The molecule has 7 heteroatoms. The Morgan fingerprint density at radius 3 is 2.83 bits per heavy atom. The molecular weight excluding hydrogens is 388 g/mol. The van der Waals surface area contributed by atoms with Crippen molar-refractivity contribution in [3.05, 3.63) is 58.3 Å². The van der Waals surface area contributed by atoms with E-state index in [9.17, 15) is 8.78 Å². The number of halogens is 4. The average Bonchev–Trinajstić information content (AvgIpc) is 2.98. The van der Waals surface area contributed by atoms with Crippen molar-refractivity contribution in [1.29, 1.82) is 0 Å². The number of hydrogen-bond donors (Lipinski definition) is 1. The lowest BCUT2D eigenvalue weighted by molar-refractivity contribution is 0.529. The summed E-state index contributed by atoms with van der Waals surface area (Å²) in [6.45, 7) is 2.18. The van der Waals surface area contributed by atoms with Crippen LogP contribution in [0.3, 0.4) is 0 Å². The first-order chi connectivity index (χ1) is 10.6. The van der Waals surface area contributed by atoms with E-state index < -0.39 is 5.95 Å². The van der Waals surface area contributed by atoms with Gasteiger partial charge in [-0.15, -0.1) is 12.4 Å². The topological polar surface area (TPSA) is 28.2 Å². The van der Waals surface area contributed by atoms with E-state index in [0.29, 0.717) is 12.1 Å². The van der Waals surface area contributed by atoms with Crippen LogP contribution in [0.1, 0.15) is 12.0 Å². The fraction of sp³-hybridized carbons (Fsp3) is 0.312. The second kappa shape index (κ2) is 8.04. The summed E-state index contributed by atoms with van der Waals surface area (Å²) >= 11 is 3.36. The molecule has 124 valence electrons. The van der Waals surface area contributed by atoms with Crippen LogP contribution in [-0.4, -0.2) is 24.1 Å². The molecule has 0 bridgehead atoms. The van der Waals surface area contributed by atoms with E-state index in [0.717, 1.165) is 29.7 Å². The van der Waals surface area contributed by atoms with E-state index in [1.807, 2.05) is 0 Å². The van der Waals surface area contributed by atoms with Crippen LogP contribution in [0.5, 0.6) is 0 Å². The third-order valence-corrected chi connectivity index (χ3v) is 4.35. The van der Waals surface area contributed by atoms with Crippen LogP contribution >= 0.6 is 28.3 Å². The van der Waals surface area contributed by atoms with Crippen molar-refractivity contribution >= 4 is 34.0 Å². The highest BCUT2D eigenvalue weighted by Gasteiger charge is 2.22. The lowest BCUT2D eigenvalue weighted by atomic mass is 10.2. The van der Waals surface area contributed by atoms with Crippen molar-refractivity contribution in [1.82, 2.24) is 10.3 Å². The molecule has 1 N–H and O–H groups in total. The van der Waals surface area contributed by atoms with E-state index in [1.54, 1.807) is 24.4 Å². The number of benzene rings is 1. The summed E-state index contributed by atoms with van der Waals surface area (Å²) in [5.74, 6) is -0.670. The normalized spacial score (nSPS) is 17.2. The van der Waals surface area contributed by atoms with Crippen LogP contribution in [-0.2, 0) is 6.54 Å². The summed E-state index contributed by atoms with van der Waals surface area (Å²) in [7, 11) is 0. The van der Waals surface area contributed by atoms with Gasteiger partial charge in [0.15, 0.2) is 0 Å². The highest BCUT2D eigenvalue weighted by molar-refractivity contribution is 9.10. The fourth-order valence-corrected chi connectivity index (χ4v) is 3.06. The minimum atomic E-state index is -0.470. The van der Waals surface area contributed by atoms with Crippen molar-refractivity contribution in [2.75, 3.05) is 18.0 Å². The molecule has 0 aliphatic carbocycles. The quantitative estimate of drug-likeness (QED) is 0.783. The molecule has 0 spiro atoms. The SMILES string of the molecule is Cl.Fc1ccc(N2CCC(NCc3cc(Br)ccc3F)C2)cn1. The Labute approximate surface area is 148 Å². The van der Waals surface area contributed by atoms with Gasteiger partial charge < -0.3 is 10.2 Å². The van der Waals surface area contributed by atoms with Crippen molar-refractivity contribution < 1.29 is 8.78 Å². The van der Waals surface area contributed by atoms with Gasteiger partial charge in [-0.3, -0.25) is 0 Å². The van der Waals surface area contributed by atoms with Crippen LogP contribution in [0, 0.1) is 11.8 Å². The maximum absolute atomic E-state index is 13.7. The summed E-state index contributed by atoms with van der Waals surface area (Å²) in [5, 5.41) is 3.38. The molecule has 3 rings (SSSR count). The Bertz CT molecular complexity index is 654. The van der Waals surface area contributed by atoms with E-state index in [1.165, 1.54) is 12.1 Å². The second-order valence-corrected chi connectivity index (χ2v) is 6.30. The van der Waals surface area contributed by atoms with Crippen LogP contribution in [0.15, 0.2) is 41.0 Å². The number of hydrogen-bond acceptors (Lipinski definition) is 3. The van der Waals surface area contributed by atoms with Gasteiger partial charge in [-0.2, -0.15) is 4.39 Å². The van der Waals surface area contributed by atoms with Gasteiger partial charge in [0.1, 0.15) is 5.82 Å². The number of nitrogens with one attached hydrogen (secondary N) is 1. The number of pyridine rings is 1. The van der Waals surface area contributed by atoms with Gasteiger partial charge in [0.25, 0.3) is 0 Å². The minimum absolute atomic E-state index is 0. The first kappa shape index (κ1) is 18.1. The number of aromatic nitrogens is 1. The van der Waals surface area contributed by atoms with Gasteiger partial charge in [-0.1, -0.05) is 15.9 Å². The maximum Gasteiger partial charge on any atom is 0.212 e. The van der Waals surface area contributed by atoms with Gasteiger partial charge in [0.05, 0.1) is 11.9 Å². The van der Waals surface area contributed by atoms with Crippen molar-refractivity contribution in [3.63, 3.8) is 0 Å². The number of rotatable bonds is 4. The highest BCUT2D eigenvalue weighted by atomic mass is 79.9. The van der Waals surface area contributed by atoms with E-state index in [2.05, 4.69) is 31.1 Å². The molecule has 23 heavy (non-hydrogen) atoms. The zero-order chi connectivity index (χ0) is 15.5. The van der Waals surface area contributed by atoms with E-state index in [-0.39, 0.29) is 24.3 Å². The molecule has 0 saturated carbocycles. The third kappa shape index (κ3) is 4.62. The van der Waals surface area contributed by atoms with Crippen LogP contribution < -0.4 is 10.2 Å².